The van der Waals surface area contributed by atoms with E-state index in [1.165, 1.54) is 0 Å². The van der Waals surface area contributed by atoms with E-state index in [0.717, 1.165) is 19.4 Å². The summed E-state index contributed by atoms with van der Waals surface area (Å²) in [6, 6.07) is 0. The Labute approximate surface area is 79.0 Å². The second-order valence-corrected chi connectivity index (χ2v) is 4.21. The zero-order valence-electron chi connectivity index (χ0n) is 8.03. The second kappa shape index (κ2) is 3.26. The van der Waals surface area contributed by atoms with Crippen molar-refractivity contribution in [2.75, 3.05) is 6.61 Å². The molecule has 0 N–H and O–H groups in total. The van der Waals surface area contributed by atoms with Gasteiger partial charge in [0, 0.05) is 5.92 Å². The van der Waals surface area contributed by atoms with Gasteiger partial charge < -0.3 is 4.74 Å². The third-order valence-corrected chi connectivity index (χ3v) is 3.38. The molecular formula is C11H16O2. The molecule has 1 aliphatic heterocycles. The number of Topliss-reactive ketones (excluding diaryl/α,β-unsaturated/α-hetero) is 1. The lowest BCUT2D eigenvalue weighted by molar-refractivity contribution is -0.120. The Morgan fingerprint density at radius 2 is 2.23 bits per heavy atom. The van der Waals surface area contributed by atoms with Gasteiger partial charge in [-0.05, 0) is 31.6 Å². The highest BCUT2D eigenvalue weighted by Gasteiger charge is 2.44. The average Bonchev–Trinajstić information content (AvgIpc) is 2.84. The lowest BCUT2D eigenvalue weighted by Crippen LogP contribution is -2.12. The number of hydrogen-bond acceptors (Lipinski definition) is 2. The molecule has 1 heterocycles. The van der Waals surface area contributed by atoms with Gasteiger partial charge in [0.05, 0.1) is 12.7 Å². The van der Waals surface area contributed by atoms with Crippen molar-refractivity contribution in [1.82, 2.24) is 0 Å². The van der Waals surface area contributed by atoms with Gasteiger partial charge in [-0.15, -0.1) is 6.58 Å². The number of epoxide rings is 1. The van der Waals surface area contributed by atoms with E-state index in [0.29, 0.717) is 23.7 Å². The van der Waals surface area contributed by atoms with Crippen molar-refractivity contribution in [2.24, 2.45) is 17.8 Å². The van der Waals surface area contributed by atoms with Crippen molar-refractivity contribution in [2.45, 2.75) is 25.9 Å². The van der Waals surface area contributed by atoms with Gasteiger partial charge in [0.1, 0.15) is 5.78 Å². The Balaban J connectivity index is 2.02. The first-order chi connectivity index (χ1) is 6.22. The minimum Gasteiger partial charge on any atom is -0.373 e. The smallest absolute Gasteiger partial charge is 0.132 e. The number of carbonyl (C=O) groups excluding carboxylic acids is 1. The Morgan fingerprint density at radius 3 is 2.69 bits per heavy atom. The van der Waals surface area contributed by atoms with E-state index in [1.807, 2.05) is 6.08 Å². The molecule has 0 aromatic carbocycles. The third-order valence-electron chi connectivity index (χ3n) is 3.38. The largest absolute Gasteiger partial charge is 0.373 e. The molecule has 2 aliphatic rings. The van der Waals surface area contributed by atoms with Gasteiger partial charge in [0.25, 0.3) is 0 Å². The van der Waals surface area contributed by atoms with E-state index in [2.05, 4.69) is 6.58 Å². The molecule has 1 saturated heterocycles. The summed E-state index contributed by atoms with van der Waals surface area (Å²) in [5.74, 6) is 1.65. The monoisotopic (exact) mass is 180 g/mol. The van der Waals surface area contributed by atoms with E-state index < -0.39 is 0 Å². The van der Waals surface area contributed by atoms with Gasteiger partial charge in [-0.3, -0.25) is 4.79 Å². The molecule has 0 amide bonds. The van der Waals surface area contributed by atoms with E-state index in [-0.39, 0.29) is 5.92 Å². The van der Waals surface area contributed by atoms with Crippen LogP contribution in [0.5, 0.6) is 0 Å². The molecule has 4 atom stereocenters. The number of rotatable bonds is 3. The predicted octanol–water partition coefficient (Wildman–Crippen LogP) is 1.80. The maximum absolute atomic E-state index is 11.2. The van der Waals surface area contributed by atoms with Gasteiger partial charge >= 0.3 is 0 Å². The summed E-state index contributed by atoms with van der Waals surface area (Å²) < 4.78 is 5.29. The molecule has 2 fully saturated rings. The predicted molar refractivity (Wildman–Crippen MR) is 50.3 cm³/mol. The van der Waals surface area contributed by atoms with Crippen molar-refractivity contribution < 1.29 is 9.53 Å². The van der Waals surface area contributed by atoms with Gasteiger partial charge in [0.15, 0.2) is 0 Å². The highest BCUT2D eigenvalue weighted by atomic mass is 16.6. The maximum atomic E-state index is 11.2. The first kappa shape index (κ1) is 8.95. The second-order valence-electron chi connectivity index (χ2n) is 4.21. The van der Waals surface area contributed by atoms with Crippen LogP contribution >= 0.6 is 0 Å². The summed E-state index contributed by atoms with van der Waals surface area (Å²) in [5, 5.41) is 0. The van der Waals surface area contributed by atoms with E-state index >= 15 is 0 Å². The molecular weight excluding hydrogens is 164 g/mol. The van der Waals surface area contributed by atoms with Gasteiger partial charge in [0.2, 0.25) is 0 Å². The molecule has 0 aromatic rings. The topological polar surface area (TPSA) is 29.6 Å². The molecule has 2 rings (SSSR count). The van der Waals surface area contributed by atoms with Crippen LogP contribution in [0.15, 0.2) is 12.7 Å². The van der Waals surface area contributed by atoms with Crippen LogP contribution < -0.4 is 0 Å². The lowest BCUT2D eigenvalue weighted by atomic mass is 9.93. The van der Waals surface area contributed by atoms with Crippen molar-refractivity contribution in [3.8, 4) is 0 Å². The van der Waals surface area contributed by atoms with Crippen LogP contribution in [-0.2, 0) is 9.53 Å². The minimum atomic E-state index is 0.261. The molecule has 0 aromatic heterocycles. The quantitative estimate of drug-likeness (QED) is 0.489. The number of allylic oxidation sites excluding steroid dienone is 1. The van der Waals surface area contributed by atoms with Crippen LogP contribution in [0.2, 0.25) is 0 Å². The lowest BCUT2D eigenvalue weighted by Gasteiger charge is -2.11. The molecule has 0 bridgehead atoms. The molecule has 13 heavy (non-hydrogen) atoms. The Bertz CT molecular complexity index is 230. The minimum absolute atomic E-state index is 0.261. The number of hydrogen-bond donors (Lipinski definition) is 0. The maximum Gasteiger partial charge on any atom is 0.132 e. The van der Waals surface area contributed by atoms with Crippen LogP contribution in [0.25, 0.3) is 0 Å². The van der Waals surface area contributed by atoms with Gasteiger partial charge in [-0.25, -0.2) is 0 Å². The first-order valence-corrected chi connectivity index (χ1v) is 4.97. The summed E-state index contributed by atoms with van der Waals surface area (Å²) in [6.45, 7) is 6.41. The molecule has 1 aliphatic carbocycles. The molecule has 4 unspecified atom stereocenters. The van der Waals surface area contributed by atoms with Crippen molar-refractivity contribution >= 4 is 5.78 Å². The normalized spacial score (nSPS) is 43.2. The summed E-state index contributed by atoms with van der Waals surface area (Å²) >= 11 is 0. The zero-order valence-corrected chi connectivity index (χ0v) is 8.03. The van der Waals surface area contributed by atoms with Crippen LogP contribution in [0.4, 0.5) is 0 Å². The van der Waals surface area contributed by atoms with E-state index in [1.54, 1.807) is 6.92 Å². The molecule has 72 valence electrons. The Morgan fingerprint density at radius 1 is 1.54 bits per heavy atom. The van der Waals surface area contributed by atoms with E-state index in [9.17, 15) is 4.79 Å². The fourth-order valence-corrected chi connectivity index (χ4v) is 2.44. The van der Waals surface area contributed by atoms with Crippen molar-refractivity contribution in [3.05, 3.63) is 12.7 Å². The summed E-state index contributed by atoms with van der Waals surface area (Å²) in [4.78, 5) is 11.2. The van der Waals surface area contributed by atoms with Crippen LogP contribution in [0.3, 0.4) is 0 Å². The molecule has 0 spiro atoms. The highest BCUT2D eigenvalue weighted by molar-refractivity contribution is 5.78. The van der Waals surface area contributed by atoms with E-state index in [4.69, 9.17) is 4.74 Å². The van der Waals surface area contributed by atoms with Crippen molar-refractivity contribution in [1.29, 1.82) is 0 Å². The fourth-order valence-electron chi connectivity index (χ4n) is 2.44. The first-order valence-electron chi connectivity index (χ1n) is 4.97. The van der Waals surface area contributed by atoms with Crippen molar-refractivity contribution in [3.63, 3.8) is 0 Å². The molecule has 1 saturated carbocycles. The molecule has 2 heteroatoms. The summed E-state index contributed by atoms with van der Waals surface area (Å²) in [6.07, 6.45) is 4.42. The van der Waals surface area contributed by atoms with Crippen LogP contribution in [0.1, 0.15) is 19.8 Å². The van der Waals surface area contributed by atoms with Gasteiger partial charge in [-0.2, -0.15) is 0 Å². The molecule has 0 radical (unpaired) electrons. The summed E-state index contributed by atoms with van der Waals surface area (Å²) in [7, 11) is 0. The highest BCUT2D eigenvalue weighted by Crippen LogP contribution is 2.43. The standard InChI is InChI=1S/C11H16O2/c1-3-8-4-9(7(2)12)5-10(8)11-6-13-11/h3,8-11H,1,4-6H2,2H3. The molecule has 2 nitrogen and oxygen atoms in total. The third kappa shape index (κ3) is 1.68. The zero-order chi connectivity index (χ0) is 9.42. The SMILES string of the molecule is C=CC1CC(C(C)=O)CC1C1CO1. The number of carbonyl (C=O) groups is 1. The fraction of sp³-hybridized carbons (Fsp3) is 0.727. The van der Waals surface area contributed by atoms with Crippen LogP contribution in [-0.4, -0.2) is 18.5 Å². The Hall–Kier alpha value is -0.630. The van der Waals surface area contributed by atoms with Crippen LogP contribution in [0, 0.1) is 17.8 Å². The number of ether oxygens (including phenoxy) is 1. The van der Waals surface area contributed by atoms with Gasteiger partial charge in [-0.1, -0.05) is 6.08 Å². The Kier molecular flexibility index (Phi) is 2.24. The average molecular weight is 180 g/mol. The number of ketones is 1. The summed E-state index contributed by atoms with van der Waals surface area (Å²) in [5.41, 5.74) is 0.